The minimum atomic E-state index is -4.80. The first-order valence-corrected chi connectivity index (χ1v) is 11.9. The molecule has 2 aromatic carbocycles. The second-order valence-corrected chi connectivity index (χ2v) is 9.64. The molecule has 2 aromatic rings. The third-order valence-electron chi connectivity index (χ3n) is 5.41. The number of nitrogens with one attached hydrogen (secondary N) is 1. The van der Waals surface area contributed by atoms with E-state index in [1.165, 1.54) is 24.3 Å². The summed E-state index contributed by atoms with van der Waals surface area (Å²) in [4.78, 5) is 22.0. The van der Waals surface area contributed by atoms with Gasteiger partial charge in [-0.05, 0) is 35.9 Å². The summed E-state index contributed by atoms with van der Waals surface area (Å²) in [5.74, 6) is 0.558. The van der Waals surface area contributed by atoms with E-state index in [0.717, 1.165) is 29.5 Å². The van der Waals surface area contributed by atoms with E-state index in [9.17, 15) is 18.0 Å². The molecule has 0 aromatic heterocycles. The Balaban J connectivity index is 1.59. The number of benzene rings is 2. The number of amides is 1. The van der Waals surface area contributed by atoms with Crippen LogP contribution in [-0.4, -0.2) is 41.7 Å². The van der Waals surface area contributed by atoms with Gasteiger partial charge in [0, 0.05) is 45.5 Å². The average molecular weight is 528 g/mol. The van der Waals surface area contributed by atoms with Crippen molar-refractivity contribution in [3.05, 3.63) is 75.3 Å². The van der Waals surface area contributed by atoms with E-state index < -0.39 is 18.2 Å². The molecule has 0 saturated carbocycles. The summed E-state index contributed by atoms with van der Waals surface area (Å²) in [6, 6.07) is 8.28. The highest BCUT2D eigenvalue weighted by atomic mass is 35.5. The van der Waals surface area contributed by atoms with Crippen LogP contribution in [0.1, 0.15) is 33.5 Å². The van der Waals surface area contributed by atoms with Crippen molar-refractivity contribution in [3.63, 3.8) is 0 Å². The summed E-state index contributed by atoms with van der Waals surface area (Å²) in [5, 5.41) is 7.51. The van der Waals surface area contributed by atoms with Gasteiger partial charge in [-0.2, -0.15) is 13.2 Å². The van der Waals surface area contributed by atoms with Gasteiger partial charge in [0.15, 0.2) is 0 Å². The molecule has 178 valence electrons. The average Bonchev–Trinajstić information content (AvgIpc) is 3.47. The fourth-order valence-corrected chi connectivity index (χ4v) is 5.00. The molecule has 0 radical (unpaired) electrons. The van der Waals surface area contributed by atoms with E-state index in [0.29, 0.717) is 23.2 Å². The SMILES string of the molecule is C=Cc1cc(C2=NOC(c3cc(Cl)cc(Cl)c3)(C(F)(F)F)C2)ccc1C(=O)NCC1=NCCS1. The summed E-state index contributed by atoms with van der Waals surface area (Å²) >= 11 is 13.5. The third-order valence-corrected chi connectivity index (χ3v) is 6.84. The van der Waals surface area contributed by atoms with Crippen LogP contribution in [0.3, 0.4) is 0 Å². The van der Waals surface area contributed by atoms with Crippen LogP contribution in [0.15, 0.2) is 53.1 Å². The summed E-state index contributed by atoms with van der Waals surface area (Å²) in [6.45, 7) is 4.77. The molecule has 0 saturated heterocycles. The van der Waals surface area contributed by atoms with E-state index in [4.69, 9.17) is 28.0 Å². The number of oxime groups is 1. The first kappa shape index (κ1) is 24.6. The molecular weight excluding hydrogens is 510 g/mol. The van der Waals surface area contributed by atoms with Crippen LogP contribution < -0.4 is 5.32 Å². The number of carbonyl (C=O) groups excluding carboxylic acids is 1. The van der Waals surface area contributed by atoms with Gasteiger partial charge in [0.2, 0.25) is 0 Å². The number of aliphatic imine (C=N–C) groups is 1. The number of thioether (sulfide) groups is 1. The predicted molar refractivity (Wildman–Crippen MR) is 130 cm³/mol. The molecule has 2 heterocycles. The van der Waals surface area contributed by atoms with Crippen LogP contribution in [0.2, 0.25) is 10.0 Å². The first-order chi connectivity index (χ1) is 16.1. The van der Waals surface area contributed by atoms with Crippen LogP contribution in [0.25, 0.3) is 6.08 Å². The van der Waals surface area contributed by atoms with E-state index in [1.807, 2.05) is 0 Å². The fraction of sp³-hybridized carbons (Fsp3) is 0.261. The Hall–Kier alpha value is -2.49. The summed E-state index contributed by atoms with van der Waals surface area (Å²) in [6.07, 6.45) is -3.93. The van der Waals surface area contributed by atoms with Crippen molar-refractivity contribution < 1.29 is 22.8 Å². The Labute approximate surface area is 208 Å². The van der Waals surface area contributed by atoms with Gasteiger partial charge in [-0.1, -0.05) is 47.1 Å². The van der Waals surface area contributed by atoms with Crippen molar-refractivity contribution in [2.75, 3.05) is 18.8 Å². The number of hydrogen-bond acceptors (Lipinski definition) is 5. The zero-order chi connectivity index (χ0) is 24.5. The van der Waals surface area contributed by atoms with Gasteiger partial charge < -0.3 is 10.2 Å². The van der Waals surface area contributed by atoms with Crippen molar-refractivity contribution in [1.29, 1.82) is 0 Å². The lowest BCUT2D eigenvalue weighted by atomic mass is 9.86. The summed E-state index contributed by atoms with van der Waals surface area (Å²) < 4.78 is 42.7. The van der Waals surface area contributed by atoms with E-state index >= 15 is 0 Å². The largest absolute Gasteiger partial charge is 0.435 e. The quantitative estimate of drug-likeness (QED) is 0.494. The summed E-state index contributed by atoms with van der Waals surface area (Å²) in [7, 11) is 0. The van der Waals surface area contributed by atoms with Gasteiger partial charge in [-0.15, -0.1) is 11.8 Å². The third kappa shape index (κ3) is 4.82. The maximum Gasteiger partial charge on any atom is 0.435 e. The Kier molecular flexibility index (Phi) is 6.98. The molecule has 0 fully saturated rings. The van der Waals surface area contributed by atoms with Crippen LogP contribution in [0, 0.1) is 0 Å². The predicted octanol–water partition coefficient (Wildman–Crippen LogP) is 6.09. The molecule has 1 unspecified atom stereocenters. The molecule has 0 spiro atoms. The normalized spacial score (nSPS) is 19.9. The Morgan fingerprint density at radius 1 is 1.24 bits per heavy atom. The van der Waals surface area contributed by atoms with Crippen LogP contribution >= 0.6 is 35.0 Å². The second-order valence-electron chi connectivity index (χ2n) is 7.60. The molecule has 11 heteroatoms. The van der Waals surface area contributed by atoms with E-state index in [1.54, 1.807) is 17.8 Å². The van der Waals surface area contributed by atoms with Crippen molar-refractivity contribution >= 4 is 57.7 Å². The van der Waals surface area contributed by atoms with Crippen molar-refractivity contribution in [2.45, 2.75) is 18.2 Å². The van der Waals surface area contributed by atoms with Gasteiger partial charge in [0.1, 0.15) is 0 Å². The molecule has 2 aliphatic heterocycles. The van der Waals surface area contributed by atoms with Crippen LogP contribution in [0.5, 0.6) is 0 Å². The van der Waals surface area contributed by atoms with Gasteiger partial charge in [-0.3, -0.25) is 9.79 Å². The highest BCUT2D eigenvalue weighted by Crippen LogP contribution is 2.49. The molecule has 5 nitrogen and oxygen atoms in total. The minimum Gasteiger partial charge on any atom is -0.374 e. The van der Waals surface area contributed by atoms with Crippen molar-refractivity contribution in [1.82, 2.24) is 5.32 Å². The molecule has 1 atom stereocenters. The standard InChI is InChI=1S/C23H18Cl2F3N3O2S/c1-2-13-7-14(3-4-18(13)21(32)30-12-20-29-5-6-34-20)19-11-22(33-31-19,23(26,27)28)15-8-16(24)10-17(25)9-15/h2-4,7-10H,1,5-6,11-12H2,(H,30,32). The molecule has 1 N–H and O–H groups in total. The number of hydrogen-bond donors (Lipinski definition) is 1. The van der Waals surface area contributed by atoms with Gasteiger partial charge in [0.05, 0.1) is 17.3 Å². The number of alkyl halides is 3. The monoisotopic (exact) mass is 527 g/mol. The maximum absolute atomic E-state index is 14.2. The van der Waals surface area contributed by atoms with Crippen molar-refractivity contribution in [3.8, 4) is 0 Å². The lowest BCUT2D eigenvalue weighted by molar-refractivity contribution is -0.275. The first-order valence-electron chi connectivity index (χ1n) is 10.1. The zero-order valence-corrected chi connectivity index (χ0v) is 19.9. The van der Waals surface area contributed by atoms with Crippen LogP contribution in [-0.2, 0) is 10.4 Å². The van der Waals surface area contributed by atoms with Gasteiger partial charge >= 0.3 is 6.18 Å². The molecule has 34 heavy (non-hydrogen) atoms. The molecule has 2 aliphatic rings. The highest BCUT2D eigenvalue weighted by molar-refractivity contribution is 8.14. The number of halogens is 5. The molecule has 0 bridgehead atoms. The number of rotatable bonds is 6. The zero-order valence-electron chi connectivity index (χ0n) is 17.6. The van der Waals surface area contributed by atoms with E-state index in [-0.39, 0.29) is 27.2 Å². The number of carbonyl (C=O) groups is 1. The molecule has 4 rings (SSSR count). The van der Waals surface area contributed by atoms with Gasteiger partial charge in [-0.25, -0.2) is 0 Å². The Bertz CT molecular complexity index is 1200. The molecular formula is C23H18Cl2F3N3O2S. The lowest BCUT2D eigenvalue weighted by Crippen LogP contribution is -2.42. The second kappa shape index (κ2) is 9.64. The van der Waals surface area contributed by atoms with Gasteiger partial charge in [0.25, 0.3) is 11.5 Å². The van der Waals surface area contributed by atoms with Crippen molar-refractivity contribution in [2.24, 2.45) is 10.1 Å². The highest BCUT2D eigenvalue weighted by Gasteiger charge is 2.62. The van der Waals surface area contributed by atoms with Crippen LogP contribution in [0.4, 0.5) is 13.2 Å². The molecule has 1 amide bonds. The molecule has 0 aliphatic carbocycles. The smallest absolute Gasteiger partial charge is 0.374 e. The lowest BCUT2D eigenvalue weighted by Gasteiger charge is -2.29. The Morgan fingerprint density at radius 2 is 1.97 bits per heavy atom. The summed E-state index contributed by atoms with van der Waals surface area (Å²) in [5.41, 5.74) is -1.74. The Morgan fingerprint density at radius 3 is 2.59 bits per heavy atom. The fourth-order valence-electron chi connectivity index (χ4n) is 3.70. The number of nitrogens with zero attached hydrogens (tertiary/aromatic N) is 2. The minimum absolute atomic E-state index is 0.0504. The topological polar surface area (TPSA) is 63.0 Å². The maximum atomic E-state index is 14.2. The van der Waals surface area contributed by atoms with E-state index in [2.05, 4.69) is 22.0 Å².